The molecule has 0 unspecified atom stereocenters. The molecule has 0 heterocycles. The highest BCUT2D eigenvalue weighted by Crippen LogP contribution is 2.18. The Hall–Kier alpha value is -1.70. The minimum absolute atomic E-state index is 0.159. The fourth-order valence-electron chi connectivity index (χ4n) is 1.62. The van der Waals surface area contributed by atoms with E-state index >= 15 is 0 Å². The summed E-state index contributed by atoms with van der Waals surface area (Å²) in [6.07, 6.45) is -5.23. The van der Waals surface area contributed by atoms with Crippen LogP contribution in [0, 0.1) is 11.6 Å². The third kappa shape index (κ3) is 4.76. The summed E-state index contributed by atoms with van der Waals surface area (Å²) < 4.78 is 63.2. The van der Waals surface area contributed by atoms with E-state index in [4.69, 9.17) is 5.73 Å². The topological polar surface area (TPSA) is 46.3 Å². The number of alkyl halides is 3. The van der Waals surface area contributed by atoms with Crippen molar-refractivity contribution in [2.75, 3.05) is 19.6 Å². The Kier molecular flexibility index (Phi) is 5.43. The fraction of sp³-hybridized carbons (Fsp3) is 0.417. The van der Waals surface area contributed by atoms with Crippen molar-refractivity contribution >= 4 is 5.91 Å². The number of rotatable bonds is 5. The zero-order chi connectivity index (χ0) is 15.3. The van der Waals surface area contributed by atoms with Crippen LogP contribution in [0.5, 0.6) is 0 Å². The fourth-order valence-corrected chi connectivity index (χ4v) is 1.62. The highest BCUT2D eigenvalue weighted by Gasteiger charge is 2.32. The minimum Gasteiger partial charge on any atom is -0.332 e. The van der Waals surface area contributed by atoms with E-state index in [2.05, 4.69) is 0 Å². The van der Waals surface area contributed by atoms with Gasteiger partial charge in [0, 0.05) is 18.7 Å². The van der Waals surface area contributed by atoms with Crippen LogP contribution in [0.25, 0.3) is 0 Å². The Bertz CT molecular complexity index is 475. The maximum atomic E-state index is 13.4. The van der Waals surface area contributed by atoms with Gasteiger partial charge in [0.15, 0.2) is 11.6 Å². The molecule has 0 aromatic heterocycles. The minimum atomic E-state index is -4.58. The van der Waals surface area contributed by atoms with E-state index in [9.17, 15) is 26.7 Å². The van der Waals surface area contributed by atoms with Crippen molar-refractivity contribution in [3.63, 3.8) is 0 Å². The van der Waals surface area contributed by atoms with Crippen molar-refractivity contribution in [1.82, 2.24) is 4.90 Å². The van der Waals surface area contributed by atoms with E-state index in [1.54, 1.807) is 0 Å². The lowest BCUT2D eigenvalue weighted by Crippen LogP contribution is -2.42. The van der Waals surface area contributed by atoms with Crippen molar-refractivity contribution in [3.8, 4) is 0 Å². The van der Waals surface area contributed by atoms with E-state index in [1.807, 2.05) is 0 Å². The van der Waals surface area contributed by atoms with E-state index in [0.29, 0.717) is 4.90 Å². The Balaban J connectivity index is 2.83. The third-order valence-electron chi connectivity index (χ3n) is 2.50. The molecule has 8 heteroatoms. The third-order valence-corrected chi connectivity index (χ3v) is 2.50. The first-order chi connectivity index (χ1) is 9.24. The molecule has 20 heavy (non-hydrogen) atoms. The van der Waals surface area contributed by atoms with Crippen LogP contribution in [-0.4, -0.2) is 36.6 Å². The first-order valence-corrected chi connectivity index (χ1v) is 5.72. The van der Waals surface area contributed by atoms with Crippen molar-refractivity contribution in [1.29, 1.82) is 0 Å². The second-order valence-electron chi connectivity index (χ2n) is 4.11. The maximum absolute atomic E-state index is 13.4. The normalized spacial score (nSPS) is 11.5. The number of halogens is 5. The maximum Gasteiger partial charge on any atom is 0.406 e. The first-order valence-electron chi connectivity index (χ1n) is 5.72. The van der Waals surface area contributed by atoms with Crippen LogP contribution in [0.15, 0.2) is 18.2 Å². The van der Waals surface area contributed by atoms with Crippen LogP contribution in [0.1, 0.15) is 5.56 Å². The summed E-state index contributed by atoms with van der Waals surface area (Å²) in [5, 5.41) is 0. The van der Waals surface area contributed by atoms with Crippen LogP contribution >= 0.6 is 0 Å². The van der Waals surface area contributed by atoms with E-state index in [-0.39, 0.29) is 18.7 Å². The molecule has 1 amide bonds. The summed E-state index contributed by atoms with van der Waals surface area (Å²) in [6, 6.07) is 3.18. The van der Waals surface area contributed by atoms with Crippen LogP contribution < -0.4 is 5.73 Å². The lowest BCUT2D eigenvalue weighted by atomic mass is 10.1. The number of benzene rings is 1. The molecular formula is C12H13F5N2O. The van der Waals surface area contributed by atoms with Crippen molar-refractivity contribution in [3.05, 3.63) is 35.4 Å². The molecule has 0 atom stereocenters. The molecule has 1 aromatic rings. The predicted octanol–water partition coefficient (Wildman–Crippen LogP) is 1.86. The molecule has 1 rings (SSSR count). The lowest BCUT2D eigenvalue weighted by molar-refractivity contribution is -0.160. The van der Waals surface area contributed by atoms with Crippen molar-refractivity contribution in [2.45, 2.75) is 12.6 Å². The Morgan fingerprint density at radius 1 is 1.25 bits per heavy atom. The van der Waals surface area contributed by atoms with Crippen molar-refractivity contribution in [2.24, 2.45) is 5.73 Å². The molecule has 0 radical (unpaired) electrons. The largest absolute Gasteiger partial charge is 0.406 e. The summed E-state index contributed by atoms with van der Waals surface area (Å²) in [7, 11) is 0. The standard InChI is InChI=1S/C12H13F5N2O/c13-9-3-1-2-8(11(9)14)6-10(20)19(5-4-18)7-12(15,16)17/h1-3H,4-7,18H2. The summed E-state index contributed by atoms with van der Waals surface area (Å²) in [5.74, 6) is -3.35. The quantitative estimate of drug-likeness (QED) is 0.843. The highest BCUT2D eigenvalue weighted by molar-refractivity contribution is 5.78. The molecule has 0 saturated carbocycles. The average Bonchev–Trinajstić information content (AvgIpc) is 2.33. The van der Waals surface area contributed by atoms with Crippen LogP contribution in [0.3, 0.4) is 0 Å². The molecule has 2 N–H and O–H groups in total. The van der Waals surface area contributed by atoms with Crippen molar-refractivity contribution < 1.29 is 26.7 Å². The molecular weight excluding hydrogens is 283 g/mol. The summed E-state index contributed by atoms with van der Waals surface area (Å²) in [6.45, 7) is -1.94. The number of carbonyl (C=O) groups is 1. The van der Waals surface area contributed by atoms with E-state index in [1.165, 1.54) is 6.07 Å². The van der Waals surface area contributed by atoms with Gasteiger partial charge in [-0.3, -0.25) is 4.79 Å². The molecule has 0 aliphatic heterocycles. The zero-order valence-corrected chi connectivity index (χ0v) is 10.4. The Morgan fingerprint density at radius 3 is 2.45 bits per heavy atom. The second kappa shape index (κ2) is 6.65. The van der Waals surface area contributed by atoms with Crippen LogP contribution in [-0.2, 0) is 11.2 Å². The highest BCUT2D eigenvalue weighted by atomic mass is 19.4. The van der Waals surface area contributed by atoms with Gasteiger partial charge in [0.1, 0.15) is 6.54 Å². The summed E-state index contributed by atoms with van der Waals surface area (Å²) >= 11 is 0. The molecule has 0 aliphatic carbocycles. The average molecular weight is 296 g/mol. The van der Waals surface area contributed by atoms with Gasteiger partial charge in [-0.2, -0.15) is 13.2 Å². The number of hydrogen-bond acceptors (Lipinski definition) is 2. The van der Waals surface area contributed by atoms with Gasteiger partial charge >= 0.3 is 6.18 Å². The Labute approximate surface area is 112 Å². The van der Waals surface area contributed by atoms with Gasteiger partial charge in [0.25, 0.3) is 0 Å². The Morgan fingerprint density at radius 2 is 1.90 bits per heavy atom. The number of carbonyl (C=O) groups excluding carboxylic acids is 1. The molecule has 3 nitrogen and oxygen atoms in total. The zero-order valence-electron chi connectivity index (χ0n) is 10.4. The van der Waals surface area contributed by atoms with Gasteiger partial charge in [-0.05, 0) is 6.07 Å². The molecule has 0 fully saturated rings. The summed E-state index contributed by atoms with van der Waals surface area (Å²) in [4.78, 5) is 12.2. The monoisotopic (exact) mass is 296 g/mol. The predicted molar refractivity (Wildman–Crippen MR) is 61.8 cm³/mol. The lowest BCUT2D eigenvalue weighted by Gasteiger charge is -2.23. The van der Waals surface area contributed by atoms with Crippen LogP contribution in [0.4, 0.5) is 22.0 Å². The molecule has 0 saturated heterocycles. The molecule has 0 aliphatic rings. The van der Waals surface area contributed by atoms with E-state index in [0.717, 1.165) is 12.1 Å². The van der Waals surface area contributed by atoms with Gasteiger partial charge in [0.05, 0.1) is 6.42 Å². The van der Waals surface area contributed by atoms with Crippen LogP contribution in [0.2, 0.25) is 0 Å². The smallest absolute Gasteiger partial charge is 0.332 e. The van der Waals surface area contributed by atoms with Gasteiger partial charge < -0.3 is 10.6 Å². The van der Waals surface area contributed by atoms with E-state index < -0.39 is 36.7 Å². The van der Waals surface area contributed by atoms with Gasteiger partial charge in [-0.25, -0.2) is 8.78 Å². The molecule has 1 aromatic carbocycles. The second-order valence-corrected chi connectivity index (χ2v) is 4.11. The number of nitrogens with two attached hydrogens (primary N) is 1. The van der Waals surface area contributed by atoms with Gasteiger partial charge in [0.2, 0.25) is 5.91 Å². The van der Waals surface area contributed by atoms with Gasteiger partial charge in [-0.1, -0.05) is 12.1 Å². The molecule has 0 spiro atoms. The molecule has 112 valence electrons. The SMILES string of the molecule is NCCN(CC(F)(F)F)C(=O)Cc1cccc(F)c1F. The van der Waals surface area contributed by atoms with Gasteiger partial charge in [-0.15, -0.1) is 0 Å². The first kappa shape index (κ1) is 16.4. The number of amides is 1. The number of hydrogen-bond donors (Lipinski definition) is 1. The molecule has 0 bridgehead atoms. The summed E-state index contributed by atoms with van der Waals surface area (Å²) in [5.41, 5.74) is 4.85. The number of nitrogens with zero attached hydrogens (tertiary/aromatic N) is 1.